The summed E-state index contributed by atoms with van der Waals surface area (Å²) in [7, 11) is 0. The maximum atomic E-state index is 13.0. The second kappa shape index (κ2) is 9.12. The van der Waals surface area contributed by atoms with E-state index < -0.39 is 0 Å². The summed E-state index contributed by atoms with van der Waals surface area (Å²) >= 11 is 0. The van der Waals surface area contributed by atoms with Gasteiger partial charge in [-0.1, -0.05) is 76.6 Å². The predicted molar refractivity (Wildman–Crippen MR) is 130 cm³/mol. The van der Waals surface area contributed by atoms with Crippen molar-refractivity contribution in [2.24, 2.45) is 0 Å². The minimum absolute atomic E-state index is 0.335. The molecule has 0 N–H and O–H groups in total. The van der Waals surface area contributed by atoms with Crippen LogP contribution in [0.2, 0.25) is 0 Å². The molecule has 0 fully saturated rings. The lowest BCUT2D eigenvalue weighted by atomic mass is 9.89. The molecule has 2 nitrogen and oxygen atoms in total. The van der Waals surface area contributed by atoms with Gasteiger partial charge in [-0.25, -0.2) is 0 Å². The van der Waals surface area contributed by atoms with Crippen molar-refractivity contribution in [3.8, 4) is 0 Å². The molecular weight excluding hydrogens is 368 g/mol. The summed E-state index contributed by atoms with van der Waals surface area (Å²) in [5.74, 6) is 0. The second-order valence-corrected chi connectivity index (χ2v) is 8.83. The fourth-order valence-electron chi connectivity index (χ4n) is 4.86. The smallest absolute Gasteiger partial charge is 0.234 e. The first-order valence-corrected chi connectivity index (χ1v) is 11.7. The Morgan fingerprint density at radius 3 is 1.40 bits per heavy atom. The van der Waals surface area contributed by atoms with Gasteiger partial charge in [0.2, 0.25) is 10.9 Å². The summed E-state index contributed by atoms with van der Waals surface area (Å²) in [6, 6.07) is 12.7. The Morgan fingerprint density at radius 2 is 1.00 bits per heavy atom. The van der Waals surface area contributed by atoms with Crippen LogP contribution in [0.4, 0.5) is 0 Å². The lowest BCUT2D eigenvalue weighted by Crippen LogP contribution is -2.24. The maximum absolute atomic E-state index is 13.0. The average molecular weight is 401 g/mol. The standard InChI is InChI=1S/C28H32O2/c1-3-5-7-9-11-19-15-21-13-14-22-16-20(12-10-8-6-4-2)18-24-26(22)25(21)23(17-19)27(29)28(24)30/h13-18H,3-12H2,1-2H3. The summed E-state index contributed by atoms with van der Waals surface area (Å²) in [6.07, 6.45) is 11.5. The SMILES string of the molecule is CCCCCCc1cc2ccc3cc(CCCCCC)cc4c(=O)c(=O)c(c1)c2c34. The van der Waals surface area contributed by atoms with Gasteiger partial charge in [-0.3, -0.25) is 9.59 Å². The fourth-order valence-corrected chi connectivity index (χ4v) is 4.86. The average Bonchev–Trinajstić information content (AvgIpc) is 2.76. The highest BCUT2D eigenvalue weighted by Crippen LogP contribution is 2.33. The molecule has 0 radical (unpaired) electrons. The third kappa shape index (κ3) is 3.93. The van der Waals surface area contributed by atoms with Crippen LogP contribution in [-0.2, 0) is 12.8 Å². The Morgan fingerprint density at radius 1 is 0.567 bits per heavy atom. The van der Waals surface area contributed by atoms with Crippen LogP contribution in [0.5, 0.6) is 0 Å². The minimum Gasteiger partial charge on any atom is -0.285 e. The summed E-state index contributed by atoms with van der Waals surface area (Å²) < 4.78 is 0. The van der Waals surface area contributed by atoms with Gasteiger partial charge < -0.3 is 0 Å². The zero-order valence-corrected chi connectivity index (χ0v) is 18.4. The Bertz CT molecular complexity index is 1160. The highest BCUT2D eigenvalue weighted by molar-refractivity contribution is 6.23. The molecule has 0 amide bonds. The van der Waals surface area contributed by atoms with Crippen LogP contribution in [0, 0.1) is 0 Å². The molecule has 4 aromatic carbocycles. The maximum Gasteiger partial charge on any atom is 0.234 e. The van der Waals surface area contributed by atoms with E-state index in [1.807, 2.05) is 12.1 Å². The lowest BCUT2D eigenvalue weighted by molar-refractivity contribution is 0.667. The van der Waals surface area contributed by atoms with Crippen molar-refractivity contribution in [2.45, 2.75) is 78.1 Å². The van der Waals surface area contributed by atoms with Gasteiger partial charge in [0, 0.05) is 21.5 Å². The molecule has 0 saturated carbocycles. The third-order valence-corrected chi connectivity index (χ3v) is 6.48. The van der Waals surface area contributed by atoms with Crippen LogP contribution in [-0.4, -0.2) is 0 Å². The molecule has 4 rings (SSSR count). The van der Waals surface area contributed by atoms with Crippen LogP contribution >= 0.6 is 0 Å². The van der Waals surface area contributed by atoms with E-state index in [0.717, 1.165) is 47.2 Å². The zero-order valence-electron chi connectivity index (χ0n) is 18.4. The molecule has 0 aliphatic rings. The summed E-state index contributed by atoms with van der Waals surface area (Å²) in [6.45, 7) is 4.42. The number of aryl methyl sites for hydroxylation is 2. The fraction of sp³-hybridized carbons (Fsp3) is 0.429. The molecule has 0 atom stereocenters. The molecule has 0 heterocycles. The van der Waals surface area contributed by atoms with E-state index in [1.165, 1.54) is 49.7 Å². The van der Waals surface area contributed by atoms with Crippen molar-refractivity contribution in [2.75, 3.05) is 0 Å². The zero-order chi connectivity index (χ0) is 21.1. The molecule has 0 aromatic heterocycles. The molecule has 2 heteroatoms. The van der Waals surface area contributed by atoms with Crippen molar-refractivity contribution in [1.82, 2.24) is 0 Å². The Kier molecular flexibility index (Phi) is 6.32. The first-order chi connectivity index (χ1) is 14.6. The quantitative estimate of drug-likeness (QED) is 0.163. The monoisotopic (exact) mass is 400 g/mol. The van der Waals surface area contributed by atoms with Crippen molar-refractivity contribution < 1.29 is 0 Å². The molecule has 0 unspecified atom stereocenters. The molecule has 30 heavy (non-hydrogen) atoms. The van der Waals surface area contributed by atoms with E-state index in [0.29, 0.717) is 10.8 Å². The van der Waals surface area contributed by atoms with Gasteiger partial charge in [-0.05, 0) is 59.7 Å². The summed E-state index contributed by atoms with van der Waals surface area (Å²) in [5, 5.41) is 5.34. The van der Waals surface area contributed by atoms with Crippen LogP contribution in [0.3, 0.4) is 0 Å². The van der Waals surface area contributed by atoms with Gasteiger partial charge >= 0.3 is 0 Å². The first kappa shape index (κ1) is 20.8. The number of hydrogen-bond acceptors (Lipinski definition) is 2. The molecule has 0 saturated heterocycles. The molecule has 4 aromatic rings. The van der Waals surface area contributed by atoms with Gasteiger partial charge in [0.25, 0.3) is 0 Å². The van der Waals surface area contributed by atoms with E-state index in [9.17, 15) is 9.59 Å². The van der Waals surface area contributed by atoms with E-state index in [2.05, 4.69) is 38.1 Å². The predicted octanol–water partition coefficient (Wildman–Crippen LogP) is 6.99. The number of benzene rings is 4. The highest BCUT2D eigenvalue weighted by Gasteiger charge is 2.16. The minimum atomic E-state index is -0.335. The summed E-state index contributed by atoms with van der Waals surface area (Å²) in [5.41, 5.74) is 1.67. The third-order valence-electron chi connectivity index (χ3n) is 6.48. The topological polar surface area (TPSA) is 34.1 Å². The second-order valence-electron chi connectivity index (χ2n) is 8.83. The van der Waals surface area contributed by atoms with E-state index in [4.69, 9.17) is 0 Å². The van der Waals surface area contributed by atoms with Crippen LogP contribution in [0.1, 0.15) is 76.3 Å². The molecule has 156 valence electrons. The normalized spacial score (nSPS) is 11.9. The number of hydrogen-bond donors (Lipinski definition) is 0. The molecule has 0 bridgehead atoms. The van der Waals surface area contributed by atoms with Crippen LogP contribution in [0.25, 0.3) is 32.3 Å². The van der Waals surface area contributed by atoms with Crippen molar-refractivity contribution in [3.63, 3.8) is 0 Å². The molecular formula is C28H32O2. The molecule has 0 aliphatic heterocycles. The highest BCUT2D eigenvalue weighted by atomic mass is 16.2. The Balaban J connectivity index is 1.80. The van der Waals surface area contributed by atoms with Crippen LogP contribution in [0.15, 0.2) is 46.0 Å². The van der Waals surface area contributed by atoms with Gasteiger partial charge in [0.05, 0.1) is 0 Å². The lowest BCUT2D eigenvalue weighted by Gasteiger charge is -2.13. The van der Waals surface area contributed by atoms with Gasteiger partial charge in [-0.2, -0.15) is 0 Å². The van der Waals surface area contributed by atoms with Crippen LogP contribution < -0.4 is 10.9 Å². The van der Waals surface area contributed by atoms with Crippen molar-refractivity contribution in [1.29, 1.82) is 0 Å². The first-order valence-electron chi connectivity index (χ1n) is 11.7. The van der Waals surface area contributed by atoms with E-state index in [-0.39, 0.29) is 10.9 Å². The Labute approximate surface area is 178 Å². The Hall–Kier alpha value is -2.48. The molecule has 0 aliphatic carbocycles. The van der Waals surface area contributed by atoms with Crippen molar-refractivity contribution >= 4 is 32.3 Å². The van der Waals surface area contributed by atoms with Gasteiger partial charge in [0.1, 0.15) is 0 Å². The van der Waals surface area contributed by atoms with E-state index in [1.54, 1.807) is 0 Å². The summed E-state index contributed by atoms with van der Waals surface area (Å²) in [4.78, 5) is 26.1. The van der Waals surface area contributed by atoms with Crippen molar-refractivity contribution in [3.05, 3.63) is 68.0 Å². The molecule has 0 spiro atoms. The van der Waals surface area contributed by atoms with Gasteiger partial charge in [0.15, 0.2) is 0 Å². The van der Waals surface area contributed by atoms with E-state index >= 15 is 0 Å². The van der Waals surface area contributed by atoms with Gasteiger partial charge in [-0.15, -0.1) is 0 Å². The number of unbranched alkanes of at least 4 members (excludes halogenated alkanes) is 6. The largest absolute Gasteiger partial charge is 0.285 e. The number of rotatable bonds is 10.